The molecule has 2 fully saturated rings. The zero-order valence-corrected chi connectivity index (χ0v) is 8.21. The largest absolute Gasteiger partial charge is 0.396 e. The minimum Gasteiger partial charge on any atom is -0.396 e. The Morgan fingerprint density at radius 3 is 2.62 bits per heavy atom. The molecule has 2 nitrogen and oxygen atoms in total. The van der Waals surface area contributed by atoms with Gasteiger partial charge in [0.25, 0.3) is 0 Å². The van der Waals surface area contributed by atoms with Crippen molar-refractivity contribution in [2.24, 2.45) is 11.8 Å². The van der Waals surface area contributed by atoms with E-state index in [1.165, 1.54) is 12.8 Å². The Morgan fingerprint density at radius 1 is 1.08 bits per heavy atom. The SMILES string of the molecule is OC[C@@H]1CCC[C@]2(O)CCCC[C@@H]12. The normalized spacial score (nSPS) is 45.7. The number of aliphatic hydroxyl groups is 2. The lowest BCUT2D eigenvalue weighted by Gasteiger charge is -2.47. The highest BCUT2D eigenvalue weighted by Crippen LogP contribution is 2.46. The molecule has 0 saturated heterocycles. The summed E-state index contributed by atoms with van der Waals surface area (Å²) < 4.78 is 0. The highest BCUT2D eigenvalue weighted by atomic mass is 16.3. The van der Waals surface area contributed by atoms with E-state index in [9.17, 15) is 10.2 Å². The average Bonchev–Trinajstić information content (AvgIpc) is 2.15. The van der Waals surface area contributed by atoms with Gasteiger partial charge in [-0.2, -0.15) is 0 Å². The molecule has 2 saturated carbocycles. The van der Waals surface area contributed by atoms with Crippen LogP contribution in [0.5, 0.6) is 0 Å². The fourth-order valence-electron chi connectivity index (χ4n) is 3.32. The van der Waals surface area contributed by atoms with E-state index >= 15 is 0 Å². The maximum absolute atomic E-state index is 10.4. The summed E-state index contributed by atoms with van der Waals surface area (Å²) in [4.78, 5) is 0. The van der Waals surface area contributed by atoms with Crippen molar-refractivity contribution in [3.8, 4) is 0 Å². The minimum absolute atomic E-state index is 0.271. The van der Waals surface area contributed by atoms with E-state index in [0.717, 1.165) is 32.1 Å². The third-order valence-electron chi connectivity index (χ3n) is 4.05. The molecule has 76 valence electrons. The minimum atomic E-state index is -0.413. The van der Waals surface area contributed by atoms with Crippen LogP contribution in [0.4, 0.5) is 0 Å². The molecule has 2 rings (SSSR count). The first kappa shape index (κ1) is 9.47. The van der Waals surface area contributed by atoms with Gasteiger partial charge in [-0.3, -0.25) is 0 Å². The summed E-state index contributed by atoms with van der Waals surface area (Å²) in [6.45, 7) is 0.271. The van der Waals surface area contributed by atoms with Gasteiger partial charge in [0.2, 0.25) is 0 Å². The molecule has 13 heavy (non-hydrogen) atoms. The van der Waals surface area contributed by atoms with Crippen LogP contribution in [0, 0.1) is 11.8 Å². The third kappa shape index (κ3) is 1.62. The highest BCUT2D eigenvalue weighted by molar-refractivity contribution is 4.96. The van der Waals surface area contributed by atoms with Crippen LogP contribution in [0.1, 0.15) is 44.9 Å². The summed E-state index contributed by atoms with van der Waals surface area (Å²) in [5.74, 6) is 0.763. The fourth-order valence-corrected chi connectivity index (χ4v) is 3.32. The maximum atomic E-state index is 10.4. The van der Waals surface area contributed by atoms with E-state index in [0.29, 0.717) is 11.8 Å². The molecule has 0 aromatic rings. The van der Waals surface area contributed by atoms with Gasteiger partial charge in [0.15, 0.2) is 0 Å². The molecule has 3 atom stereocenters. The molecule has 0 aliphatic heterocycles. The molecule has 2 aliphatic carbocycles. The lowest BCUT2D eigenvalue weighted by molar-refractivity contribution is -0.107. The number of rotatable bonds is 1. The van der Waals surface area contributed by atoms with Gasteiger partial charge in [0.1, 0.15) is 0 Å². The van der Waals surface area contributed by atoms with Crippen molar-refractivity contribution in [3.05, 3.63) is 0 Å². The first-order valence-corrected chi connectivity index (χ1v) is 5.59. The molecular formula is C11H20O2. The number of hydrogen-bond donors (Lipinski definition) is 2. The van der Waals surface area contributed by atoms with Gasteiger partial charge >= 0.3 is 0 Å². The quantitative estimate of drug-likeness (QED) is 0.651. The molecule has 0 radical (unpaired) electrons. The summed E-state index contributed by atoms with van der Waals surface area (Å²) in [5.41, 5.74) is -0.413. The van der Waals surface area contributed by atoms with E-state index in [1.54, 1.807) is 0 Å². The van der Waals surface area contributed by atoms with Crippen molar-refractivity contribution in [3.63, 3.8) is 0 Å². The summed E-state index contributed by atoms with van der Waals surface area (Å²) >= 11 is 0. The average molecular weight is 184 g/mol. The third-order valence-corrected chi connectivity index (χ3v) is 4.05. The lowest BCUT2D eigenvalue weighted by Crippen LogP contribution is -2.48. The van der Waals surface area contributed by atoms with Crippen LogP contribution in [-0.2, 0) is 0 Å². The van der Waals surface area contributed by atoms with Crippen LogP contribution in [0.2, 0.25) is 0 Å². The van der Waals surface area contributed by atoms with Crippen LogP contribution in [-0.4, -0.2) is 22.4 Å². The van der Waals surface area contributed by atoms with Gasteiger partial charge in [-0.25, -0.2) is 0 Å². The van der Waals surface area contributed by atoms with Gasteiger partial charge in [0.05, 0.1) is 5.60 Å². The van der Waals surface area contributed by atoms with Crippen LogP contribution in [0.15, 0.2) is 0 Å². The molecule has 2 aliphatic rings. The van der Waals surface area contributed by atoms with Crippen LogP contribution >= 0.6 is 0 Å². The van der Waals surface area contributed by atoms with E-state index in [1.807, 2.05) is 0 Å². The highest BCUT2D eigenvalue weighted by Gasteiger charge is 2.44. The second-order valence-corrected chi connectivity index (χ2v) is 4.79. The second kappa shape index (κ2) is 3.58. The molecule has 0 amide bonds. The molecule has 0 aromatic carbocycles. The van der Waals surface area contributed by atoms with Crippen LogP contribution in [0.3, 0.4) is 0 Å². The lowest BCUT2D eigenvalue weighted by atomic mass is 9.63. The van der Waals surface area contributed by atoms with Crippen molar-refractivity contribution in [2.45, 2.75) is 50.5 Å². The Morgan fingerprint density at radius 2 is 1.85 bits per heavy atom. The summed E-state index contributed by atoms with van der Waals surface area (Å²) in [6, 6.07) is 0. The van der Waals surface area contributed by atoms with E-state index in [2.05, 4.69) is 0 Å². The number of fused-ring (bicyclic) bond motifs is 1. The van der Waals surface area contributed by atoms with Gasteiger partial charge in [-0.15, -0.1) is 0 Å². The van der Waals surface area contributed by atoms with Crippen molar-refractivity contribution in [1.29, 1.82) is 0 Å². The second-order valence-electron chi connectivity index (χ2n) is 4.79. The Labute approximate surface area is 80.0 Å². The molecule has 2 N–H and O–H groups in total. The first-order chi connectivity index (χ1) is 6.26. The topological polar surface area (TPSA) is 40.5 Å². The Bertz CT molecular complexity index is 177. The van der Waals surface area contributed by atoms with E-state index in [-0.39, 0.29) is 6.61 Å². The number of aliphatic hydroxyl groups excluding tert-OH is 1. The molecule has 0 aromatic heterocycles. The smallest absolute Gasteiger partial charge is 0.0679 e. The molecule has 2 heteroatoms. The first-order valence-electron chi connectivity index (χ1n) is 5.59. The van der Waals surface area contributed by atoms with Gasteiger partial charge in [-0.05, 0) is 37.5 Å². The number of hydrogen-bond acceptors (Lipinski definition) is 2. The van der Waals surface area contributed by atoms with E-state index in [4.69, 9.17) is 0 Å². The summed E-state index contributed by atoms with van der Waals surface area (Å²) in [7, 11) is 0. The predicted molar refractivity (Wildman–Crippen MR) is 51.3 cm³/mol. The molecule has 0 spiro atoms. The Balaban J connectivity index is 2.11. The van der Waals surface area contributed by atoms with Gasteiger partial charge in [0, 0.05) is 6.61 Å². The zero-order chi connectivity index (χ0) is 9.31. The van der Waals surface area contributed by atoms with Crippen molar-refractivity contribution in [2.75, 3.05) is 6.61 Å². The zero-order valence-electron chi connectivity index (χ0n) is 8.21. The van der Waals surface area contributed by atoms with Crippen LogP contribution < -0.4 is 0 Å². The van der Waals surface area contributed by atoms with Crippen molar-refractivity contribution < 1.29 is 10.2 Å². The van der Waals surface area contributed by atoms with Crippen molar-refractivity contribution in [1.82, 2.24) is 0 Å². The van der Waals surface area contributed by atoms with Gasteiger partial charge in [-0.1, -0.05) is 19.3 Å². The monoisotopic (exact) mass is 184 g/mol. The predicted octanol–water partition coefficient (Wildman–Crippen LogP) is 1.70. The van der Waals surface area contributed by atoms with Crippen molar-refractivity contribution >= 4 is 0 Å². The summed E-state index contributed by atoms with van der Waals surface area (Å²) in [6.07, 6.45) is 7.68. The Kier molecular flexibility index (Phi) is 2.61. The fraction of sp³-hybridized carbons (Fsp3) is 1.00. The van der Waals surface area contributed by atoms with E-state index < -0.39 is 5.60 Å². The standard InChI is InChI=1S/C11H20O2/c12-8-9-4-3-7-11(13)6-2-1-5-10(9)11/h9-10,12-13H,1-8H2/t9-,10-,11+/m0/s1. The summed E-state index contributed by atoms with van der Waals surface area (Å²) in [5, 5.41) is 19.6. The van der Waals surface area contributed by atoms with Gasteiger partial charge < -0.3 is 10.2 Å². The maximum Gasteiger partial charge on any atom is 0.0679 e. The van der Waals surface area contributed by atoms with Crippen LogP contribution in [0.25, 0.3) is 0 Å². The molecule has 0 unspecified atom stereocenters. The molecule has 0 bridgehead atoms. The Hall–Kier alpha value is -0.0800. The molecule has 0 heterocycles. The molecular weight excluding hydrogens is 164 g/mol.